The first kappa shape index (κ1) is 12.7. The van der Waals surface area contributed by atoms with Gasteiger partial charge in [0.05, 0.1) is 7.11 Å². The summed E-state index contributed by atoms with van der Waals surface area (Å²) in [5, 5.41) is 4.56. The minimum atomic E-state index is -0.583. The molecule has 0 fully saturated rings. The molecule has 0 aromatic carbocycles. The summed E-state index contributed by atoms with van der Waals surface area (Å²) in [4.78, 5) is 23.7. The fourth-order valence-corrected chi connectivity index (χ4v) is 1.95. The van der Waals surface area contributed by atoms with Crippen molar-refractivity contribution in [1.82, 2.24) is 5.32 Å². The van der Waals surface area contributed by atoms with Crippen molar-refractivity contribution in [3.63, 3.8) is 0 Å². The Labute approximate surface area is 98.6 Å². The quantitative estimate of drug-likeness (QED) is 0.792. The van der Waals surface area contributed by atoms with Crippen LogP contribution in [0.25, 0.3) is 0 Å². The minimum Gasteiger partial charge on any atom is -0.467 e. The summed E-state index contributed by atoms with van der Waals surface area (Å²) < 4.78 is 4.51. The van der Waals surface area contributed by atoms with Crippen LogP contribution in [-0.2, 0) is 20.7 Å². The molecule has 0 aliphatic carbocycles. The van der Waals surface area contributed by atoms with Gasteiger partial charge in [0.15, 0.2) is 0 Å². The van der Waals surface area contributed by atoms with E-state index in [1.165, 1.54) is 12.0 Å². The lowest BCUT2D eigenvalue weighted by molar-refractivity contribution is -0.144. The van der Waals surface area contributed by atoms with Crippen molar-refractivity contribution in [2.45, 2.75) is 25.8 Å². The van der Waals surface area contributed by atoms with Crippen LogP contribution in [0.4, 0.5) is 0 Å². The number of carbonyl (C=O) groups is 2. The average Bonchev–Trinajstić information content (AvgIpc) is 2.78. The maximum atomic E-state index is 11.5. The second-order valence-corrected chi connectivity index (χ2v) is 4.42. The second kappa shape index (κ2) is 6.27. The molecule has 1 aromatic rings. The van der Waals surface area contributed by atoms with Crippen LogP contribution in [0, 0.1) is 0 Å². The van der Waals surface area contributed by atoms with Gasteiger partial charge in [-0.3, -0.25) is 4.79 Å². The molecule has 0 spiro atoms. The van der Waals surface area contributed by atoms with Gasteiger partial charge in [-0.25, -0.2) is 4.79 Å². The van der Waals surface area contributed by atoms with E-state index >= 15 is 0 Å². The third-order valence-electron chi connectivity index (χ3n) is 2.11. The van der Waals surface area contributed by atoms with E-state index in [-0.39, 0.29) is 5.91 Å². The Bertz CT molecular complexity index is 348. The van der Waals surface area contributed by atoms with Crippen LogP contribution in [0.5, 0.6) is 0 Å². The van der Waals surface area contributed by atoms with Gasteiger partial charge in [-0.15, -0.1) is 11.3 Å². The van der Waals surface area contributed by atoms with Crippen LogP contribution in [0.3, 0.4) is 0 Å². The molecule has 0 aliphatic rings. The number of rotatable bonds is 5. The van der Waals surface area contributed by atoms with E-state index in [1.807, 2.05) is 17.5 Å². The van der Waals surface area contributed by atoms with Crippen molar-refractivity contribution in [3.8, 4) is 0 Å². The number of hydrogen-bond acceptors (Lipinski definition) is 4. The highest BCUT2D eigenvalue weighted by Crippen LogP contribution is 2.10. The number of aryl methyl sites for hydroxylation is 1. The van der Waals surface area contributed by atoms with Gasteiger partial charge >= 0.3 is 5.97 Å². The van der Waals surface area contributed by atoms with E-state index in [9.17, 15) is 9.59 Å². The lowest BCUT2D eigenvalue weighted by Gasteiger charge is -2.10. The Hall–Kier alpha value is -1.36. The second-order valence-electron chi connectivity index (χ2n) is 3.39. The van der Waals surface area contributed by atoms with Crippen molar-refractivity contribution in [2.75, 3.05) is 7.11 Å². The third-order valence-corrected chi connectivity index (χ3v) is 3.05. The highest BCUT2D eigenvalue weighted by molar-refractivity contribution is 7.09. The molecule has 1 aromatic heterocycles. The van der Waals surface area contributed by atoms with E-state index < -0.39 is 12.0 Å². The summed E-state index contributed by atoms with van der Waals surface area (Å²) in [6.07, 6.45) is 1.10. The predicted molar refractivity (Wildman–Crippen MR) is 62.3 cm³/mol. The molecule has 88 valence electrons. The van der Waals surface area contributed by atoms with Crippen LogP contribution >= 0.6 is 11.3 Å². The Morgan fingerprint density at radius 1 is 1.56 bits per heavy atom. The molecular formula is C11H15NO3S. The minimum absolute atomic E-state index is 0.133. The molecule has 0 saturated carbocycles. The molecule has 0 saturated heterocycles. The molecule has 0 aliphatic heterocycles. The van der Waals surface area contributed by atoms with Gasteiger partial charge in [0.1, 0.15) is 6.04 Å². The van der Waals surface area contributed by atoms with Gasteiger partial charge in [-0.1, -0.05) is 6.07 Å². The molecule has 0 bridgehead atoms. The maximum Gasteiger partial charge on any atom is 0.328 e. The SMILES string of the molecule is COC(=O)C(C)NC(=O)CCc1cccs1. The molecule has 1 unspecified atom stereocenters. The topological polar surface area (TPSA) is 55.4 Å². The Kier molecular flexibility index (Phi) is 4.98. The lowest BCUT2D eigenvalue weighted by atomic mass is 10.2. The number of amides is 1. The predicted octanol–water partition coefficient (Wildman–Crippen LogP) is 1.36. The number of nitrogens with one attached hydrogen (secondary N) is 1. The van der Waals surface area contributed by atoms with Gasteiger partial charge in [0.2, 0.25) is 5.91 Å². The fraction of sp³-hybridized carbons (Fsp3) is 0.455. The number of esters is 1. The van der Waals surface area contributed by atoms with Crippen LogP contribution in [0.2, 0.25) is 0 Å². The summed E-state index contributed by atoms with van der Waals surface area (Å²) in [5.41, 5.74) is 0. The molecule has 0 radical (unpaired) electrons. The van der Waals surface area contributed by atoms with Crippen molar-refractivity contribution >= 4 is 23.2 Å². The van der Waals surface area contributed by atoms with Crippen molar-refractivity contribution in [3.05, 3.63) is 22.4 Å². The summed E-state index contributed by atoms with van der Waals surface area (Å²) in [6, 6.07) is 3.36. The largest absolute Gasteiger partial charge is 0.467 e. The van der Waals surface area contributed by atoms with Crippen LogP contribution in [-0.4, -0.2) is 25.0 Å². The normalized spacial score (nSPS) is 11.9. The number of hydrogen-bond donors (Lipinski definition) is 1. The zero-order valence-electron chi connectivity index (χ0n) is 9.36. The Morgan fingerprint density at radius 2 is 2.31 bits per heavy atom. The summed E-state index contributed by atoms with van der Waals surface area (Å²) in [7, 11) is 1.30. The molecule has 1 amide bonds. The first-order chi connectivity index (χ1) is 7.63. The Balaban J connectivity index is 2.28. The molecule has 5 heteroatoms. The molecule has 1 rings (SSSR count). The summed E-state index contributed by atoms with van der Waals surface area (Å²) in [6.45, 7) is 1.61. The van der Waals surface area contributed by atoms with Gasteiger partial charge in [0, 0.05) is 11.3 Å². The van der Waals surface area contributed by atoms with E-state index in [2.05, 4.69) is 10.1 Å². The standard InChI is InChI=1S/C11H15NO3S/c1-8(11(14)15-2)12-10(13)6-5-9-4-3-7-16-9/h3-4,7-8H,5-6H2,1-2H3,(H,12,13). The first-order valence-corrected chi connectivity index (χ1v) is 5.91. The first-order valence-electron chi connectivity index (χ1n) is 5.03. The summed E-state index contributed by atoms with van der Waals surface area (Å²) in [5.74, 6) is -0.559. The van der Waals surface area contributed by atoms with Crippen LogP contribution in [0.15, 0.2) is 17.5 Å². The molecule has 1 atom stereocenters. The summed E-state index contributed by atoms with van der Waals surface area (Å²) >= 11 is 1.62. The fourth-order valence-electron chi connectivity index (χ4n) is 1.24. The van der Waals surface area contributed by atoms with Crippen molar-refractivity contribution in [2.24, 2.45) is 0 Å². The average molecular weight is 241 g/mol. The van der Waals surface area contributed by atoms with Gasteiger partial charge in [-0.2, -0.15) is 0 Å². The zero-order chi connectivity index (χ0) is 12.0. The Morgan fingerprint density at radius 3 is 2.88 bits per heavy atom. The zero-order valence-corrected chi connectivity index (χ0v) is 10.2. The molecule has 1 heterocycles. The van der Waals surface area contributed by atoms with Crippen molar-refractivity contribution in [1.29, 1.82) is 0 Å². The van der Waals surface area contributed by atoms with Gasteiger partial charge in [-0.05, 0) is 24.8 Å². The number of methoxy groups -OCH3 is 1. The van der Waals surface area contributed by atoms with E-state index in [4.69, 9.17) is 0 Å². The smallest absolute Gasteiger partial charge is 0.328 e. The van der Waals surface area contributed by atoms with E-state index in [0.29, 0.717) is 12.8 Å². The monoisotopic (exact) mass is 241 g/mol. The molecule has 16 heavy (non-hydrogen) atoms. The maximum absolute atomic E-state index is 11.5. The molecular weight excluding hydrogens is 226 g/mol. The highest BCUT2D eigenvalue weighted by Gasteiger charge is 2.15. The lowest BCUT2D eigenvalue weighted by Crippen LogP contribution is -2.39. The number of ether oxygens (including phenoxy) is 1. The van der Waals surface area contributed by atoms with Gasteiger partial charge in [0.25, 0.3) is 0 Å². The van der Waals surface area contributed by atoms with Gasteiger partial charge < -0.3 is 10.1 Å². The van der Waals surface area contributed by atoms with E-state index in [1.54, 1.807) is 18.3 Å². The van der Waals surface area contributed by atoms with Crippen molar-refractivity contribution < 1.29 is 14.3 Å². The number of carbonyl (C=O) groups excluding carboxylic acids is 2. The molecule has 4 nitrogen and oxygen atoms in total. The molecule has 1 N–H and O–H groups in total. The highest BCUT2D eigenvalue weighted by atomic mass is 32.1. The number of thiophene rings is 1. The third kappa shape index (κ3) is 4.02. The van der Waals surface area contributed by atoms with Crippen LogP contribution in [0.1, 0.15) is 18.2 Å². The van der Waals surface area contributed by atoms with E-state index in [0.717, 1.165) is 0 Å². The van der Waals surface area contributed by atoms with Crippen LogP contribution < -0.4 is 5.32 Å².